The number of pyridine rings is 1. The fourth-order valence-electron chi connectivity index (χ4n) is 7.30. The Labute approximate surface area is 313 Å². The molecule has 0 saturated heterocycles. The minimum absolute atomic E-state index is 0.629. The van der Waals surface area contributed by atoms with E-state index in [0.717, 1.165) is 55.5 Å². The van der Waals surface area contributed by atoms with Crippen LogP contribution in [0, 0.1) is 0 Å². The van der Waals surface area contributed by atoms with Crippen LogP contribution >= 0.6 is 0 Å². The van der Waals surface area contributed by atoms with Crippen molar-refractivity contribution in [3.63, 3.8) is 0 Å². The third kappa shape index (κ3) is 5.86. The van der Waals surface area contributed by atoms with E-state index in [2.05, 4.69) is 158 Å². The van der Waals surface area contributed by atoms with Gasteiger partial charge in [-0.05, 0) is 50.5 Å². The van der Waals surface area contributed by atoms with E-state index in [1.165, 1.54) is 27.1 Å². The first-order valence-corrected chi connectivity index (χ1v) is 18.1. The van der Waals surface area contributed by atoms with Gasteiger partial charge in [0.25, 0.3) is 0 Å². The lowest BCUT2D eigenvalue weighted by molar-refractivity contribution is 1.07. The van der Waals surface area contributed by atoms with E-state index in [9.17, 15) is 0 Å². The molecule has 0 aliphatic rings. The first-order valence-electron chi connectivity index (χ1n) is 18.1. The highest BCUT2D eigenvalue weighted by Gasteiger charge is 2.14. The number of hydrogen-bond acceptors (Lipinski definition) is 4. The smallest absolute Gasteiger partial charge is 0.164 e. The van der Waals surface area contributed by atoms with Crippen molar-refractivity contribution >= 4 is 32.4 Å². The normalized spacial score (nSPS) is 11.3. The highest BCUT2D eigenvalue weighted by atomic mass is 15.0. The van der Waals surface area contributed by atoms with Crippen molar-refractivity contribution in [2.45, 2.75) is 0 Å². The van der Waals surface area contributed by atoms with Crippen LogP contribution in [0.25, 0.3) is 100 Å². The SMILES string of the molecule is c1ccc(-c2ccc(-c3nc(-c4ccccc4)nc(-c4cccc(-c5ccc(-c6ccc7ccc8c9ccccc9ccc8c7n6)cc5)c4)n3)cc2)cc1. The molecule has 0 spiro atoms. The van der Waals surface area contributed by atoms with E-state index in [1.54, 1.807) is 0 Å². The van der Waals surface area contributed by atoms with Crippen molar-refractivity contribution in [2.75, 3.05) is 0 Å². The molecule has 10 rings (SSSR count). The molecule has 0 radical (unpaired) electrons. The molecule has 10 aromatic rings. The maximum absolute atomic E-state index is 5.20. The van der Waals surface area contributed by atoms with Crippen LogP contribution < -0.4 is 0 Å². The van der Waals surface area contributed by atoms with Gasteiger partial charge in [-0.2, -0.15) is 0 Å². The molecule has 4 nitrogen and oxygen atoms in total. The Morgan fingerprint density at radius 2 is 0.722 bits per heavy atom. The summed E-state index contributed by atoms with van der Waals surface area (Å²) in [4.78, 5) is 20.2. The minimum atomic E-state index is 0.629. The zero-order chi connectivity index (χ0) is 35.8. The van der Waals surface area contributed by atoms with Crippen LogP contribution in [0.15, 0.2) is 194 Å². The molecule has 2 heterocycles. The largest absolute Gasteiger partial charge is 0.247 e. The van der Waals surface area contributed by atoms with Crippen molar-refractivity contribution in [1.82, 2.24) is 19.9 Å². The van der Waals surface area contributed by atoms with Gasteiger partial charge in [-0.15, -0.1) is 0 Å². The highest BCUT2D eigenvalue weighted by Crippen LogP contribution is 2.34. The molecule has 0 unspecified atom stereocenters. The zero-order valence-corrected chi connectivity index (χ0v) is 29.3. The van der Waals surface area contributed by atoms with E-state index in [1.807, 2.05) is 36.4 Å². The number of aromatic nitrogens is 4. The molecule has 0 amide bonds. The Balaban J connectivity index is 0.992. The summed E-state index contributed by atoms with van der Waals surface area (Å²) in [6.45, 7) is 0. The summed E-state index contributed by atoms with van der Waals surface area (Å²) < 4.78 is 0. The third-order valence-electron chi connectivity index (χ3n) is 10.1. The summed E-state index contributed by atoms with van der Waals surface area (Å²) in [6, 6.07) is 67.6. The van der Waals surface area contributed by atoms with Crippen molar-refractivity contribution in [3.05, 3.63) is 194 Å². The number of rotatable bonds is 6. The monoisotopic (exact) mass is 688 g/mol. The Kier molecular flexibility index (Phi) is 7.77. The van der Waals surface area contributed by atoms with Crippen molar-refractivity contribution in [1.29, 1.82) is 0 Å². The maximum Gasteiger partial charge on any atom is 0.164 e. The molecular formula is C50H32N4. The molecule has 2 aromatic heterocycles. The lowest BCUT2D eigenvalue weighted by Gasteiger charge is -2.11. The Bertz CT molecular complexity index is 2960. The van der Waals surface area contributed by atoms with Crippen LogP contribution in [-0.4, -0.2) is 19.9 Å². The number of benzene rings is 8. The van der Waals surface area contributed by atoms with Crippen molar-refractivity contribution < 1.29 is 0 Å². The standard InChI is InChI=1S/C50H32N4/c1-3-10-33(11-4-1)34-20-24-40(25-21-34)49-52-48(39-13-5-2-6-14-39)53-50(54-49)42-16-9-15-41(32-42)35-18-22-37(23-19-35)46-31-28-38-27-29-44-43-17-8-7-12-36(43)26-30-45(44)47(38)51-46/h1-32H. The van der Waals surface area contributed by atoms with E-state index in [-0.39, 0.29) is 0 Å². The summed E-state index contributed by atoms with van der Waals surface area (Å²) in [5.41, 5.74) is 10.4. The fourth-order valence-corrected chi connectivity index (χ4v) is 7.30. The Morgan fingerprint density at radius 3 is 1.46 bits per heavy atom. The zero-order valence-electron chi connectivity index (χ0n) is 29.3. The average molecular weight is 689 g/mol. The molecule has 0 fully saturated rings. The molecule has 0 atom stereocenters. The lowest BCUT2D eigenvalue weighted by Crippen LogP contribution is -2.00. The van der Waals surface area contributed by atoms with Crippen LogP contribution in [0.4, 0.5) is 0 Å². The first-order chi connectivity index (χ1) is 26.7. The van der Waals surface area contributed by atoms with E-state index >= 15 is 0 Å². The van der Waals surface area contributed by atoms with Crippen LogP contribution in [0.5, 0.6) is 0 Å². The Hall–Kier alpha value is -7.30. The van der Waals surface area contributed by atoms with Crippen LogP contribution in [0.1, 0.15) is 0 Å². The predicted octanol–water partition coefficient (Wildman–Crippen LogP) is 12.7. The number of nitrogens with zero attached hydrogens (tertiary/aromatic N) is 4. The van der Waals surface area contributed by atoms with Gasteiger partial charge in [0.1, 0.15) is 0 Å². The average Bonchev–Trinajstić information content (AvgIpc) is 3.26. The second kappa shape index (κ2) is 13.4. The summed E-state index contributed by atoms with van der Waals surface area (Å²) in [6.07, 6.45) is 0. The van der Waals surface area contributed by atoms with Gasteiger partial charge in [-0.3, -0.25) is 0 Å². The molecule has 252 valence electrons. The van der Waals surface area contributed by atoms with Gasteiger partial charge >= 0.3 is 0 Å². The van der Waals surface area contributed by atoms with Gasteiger partial charge < -0.3 is 0 Å². The van der Waals surface area contributed by atoms with Gasteiger partial charge in [0, 0.05) is 33.0 Å². The maximum atomic E-state index is 5.20. The highest BCUT2D eigenvalue weighted by molar-refractivity contribution is 6.16. The van der Waals surface area contributed by atoms with Crippen LogP contribution in [0.2, 0.25) is 0 Å². The molecule has 4 heteroatoms. The van der Waals surface area contributed by atoms with Crippen molar-refractivity contribution in [3.8, 4) is 67.7 Å². The second-order valence-corrected chi connectivity index (χ2v) is 13.5. The second-order valence-electron chi connectivity index (χ2n) is 13.5. The summed E-state index contributed by atoms with van der Waals surface area (Å²) >= 11 is 0. The minimum Gasteiger partial charge on any atom is -0.247 e. The number of hydrogen-bond donors (Lipinski definition) is 0. The first kappa shape index (κ1) is 31.4. The van der Waals surface area contributed by atoms with Gasteiger partial charge in [0.05, 0.1) is 11.2 Å². The van der Waals surface area contributed by atoms with Gasteiger partial charge in [0.15, 0.2) is 17.5 Å². The summed E-state index contributed by atoms with van der Waals surface area (Å²) in [5.74, 6) is 1.91. The van der Waals surface area contributed by atoms with E-state index < -0.39 is 0 Å². The molecule has 8 aromatic carbocycles. The molecule has 0 N–H and O–H groups in total. The quantitative estimate of drug-likeness (QED) is 0.163. The Morgan fingerprint density at radius 1 is 0.241 bits per heavy atom. The molecule has 0 saturated carbocycles. The topological polar surface area (TPSA) is 51.6 Å². The van der Waals surface area contributed by atoms with E-state index in [4.69, 9.17) is 19.9 Å². The summed E-state index contributed by atoms with van der Waals surface area (Å²) in [5, 5.41) is 6.01. The van der Waals surface area contributed by atoms with Crippen LogP contribution in [0.3, 0.4) is 0 Å². The number of fused-ring (bicyclic) bond motifs is 5. The van der Waals surface area contributed by atoms with Crippen LogP contribution in [-0.2, 0) is 0 Å². The third-order valence-corrected chi connectivity index (χ3v) is 10.1. The van der Waals surface area contributed by atoms with Crippen molar-refractivity contribution in [2.24, 2.45) is 0 Å². The summed E-state index contributed by atoms with van der Waals surface area (Å²) in [7, 11) is 0. The predicted molar refractivity (Wildman–Crippen MR) is 223 cm³/mol. The lowest BCUT2D eigenvalue weighted by atomic mass is 9.98. The molecular weight excluding hydrogens is 657 g/mol. The molecule has 0 bridgehead atoms. The molecule has 0 aliphatic carbocycles. The van der Waals surface area contributed by atoms with Gasteiger partial charge in [0.2, 0.25) is 0 Å². The fraction of sp³-hybridized carbons (Fsp3) is 0. The van der Waals surface area contributed by atoms with E-state index in [0.29, 0.717) is 17.5 Å². The van der Waals surface area contributed by atoms with Gasteiger partial charge in [-0.25, -0.2) is 19.9 Å². The van der Waals surface area contributed by atoms with Gasteiger partial charge in [-0.1, -0.05) is 182 Å². The molecule has 54 heavy (non-hydrogen) atoms. The molecule has 0 aliphatic heterocycles.